The van der Waals surface area contributed by atoms with Crippen molar-refractivity contribution in [2.45, 2.75) is 38.8 Å². The fourth-order valence-corrected chi connectivity index (χ4v) is 0.773. The molecule has 6 nitrogen and oxygen atoms in total. The minimum atomic E-state index is -1.06. The van der Waals surface area contributed by atoms with E-state index in [0.29, 0.717) is 0 Å². The number of hydrogen-bond acceptors (Lipinski definition) is 4. The van der Waals surface area contributed by atoms with Gasteiger partial charge in [-0.3, -0.25) is 9.59 Å². The summed E-state index contributed by atoms with van der Waals surface area (Å²) in [5.74, 6) is -0.695. The number of carbonyl (C=O) groups is 2. The number of alkyl carbamates (subject to hydrolysis) is 1. The summed E-state index contributed by atoms with van der Waals surface area (Å²) in [5.41, 5.74) is 4.20. The Morgan fingerprint density at radius 1 is 1.47 bits per heavy atom. The van der Waals surface area contributed by atoms with Gasteiger partial charge in [-0.25, -0.2) is 4.79 Å². The van der Waals surface area contributed by atoms with E-state index in [-0.39, 0.29) is 6.42 Å². The minimum absolute atomic E-state index is 0.289. The Bertz CT molecular complexity index is 257. The van der Waals surface area contributed by atoms with Crippen LogP contribution in [0, 0.1) is 0 Å². The molecule has 1 unspecified atom stereocenters. The van der Waals surface area contributed by atoms with Gasteiger partial charge in [0.25, 0.3) is 0 Å². The number of nitrogens with two attached hydrogens (primary N) is 1. The van der Waals surface area contributed by atoms with Gasteiger partial charge in [-0.2, -0.15) is 0 Å². The molecule has 0 rings (SSSR count). The number of hydrogen-bond donors (Lipinski definition) is 2. The zero-order chi connectivity index (χ0) is 12.1. The lowest BCUT2D eigenvalue weighted by atomic mass is 10.2. The molecule has 6 heteroatoms. The van der Waals surface area contributed by atoms with Crippen LogP contribution >= 0.6 is 0 Å². The average molecular weight is 215 g/mol. The Morgan fingerprint density at radius 3 is 2.33 bits per heavy atom. The fraction of sp³-hybridized carbons (Fsp3) is 0.667. The molecular formula is C9H15N2O4. The molecule has 0 heterocycles. The van der Waals surface area contributed by atoms with E-state index in [4.69, 9.17) is 10.5 Å². The van der Waals surface area contributed by atoms with Crippen LogP contribution in [0.3, 0.4) is 0 Å². The third-order valence-corrected chi connectivity index (χ3v) is 1.24. The molecule has 0 spiro atoms. The molecule has 1 atom stereocenters. The third-order valence-electron chi connectivity index (χ3n) is 1.24. The number of ether oxygens (including phenoxy) is 1. The summed E-state index contributed by atoms with van der Waals surface area (Å²) < 4.78 is 4.87. The van der Waals surface area contributed by atoms with Crippen molar-refractivity contribution in [3.63, 3.8) is 0 Å². The number of nitrogens with one attached hydrogen (secondary N) is 1. The van der Waals surface area contributed by atoms with Gasteiger partial charge in [0, 0.05) is 0 Å². The first-order valence-electron chi connectivity index (χ1n) is 4.40. The highest BCUT2D eigenvalue weighted by Crippen LogP contribution is 2.06. The number of amides is 2. The van der Waals surface area contributed by atoms with Crippen LogP contribution in [-0.4, -0.2) is 29.9 Å². The van der Waals surface area contributed by atoms with Crippen molar-refractivity contribution >= 4 is 18.3 Å². The van der Waals surface area contributed by atoms with Gasteiger partial charge in [-0.05, 0) is 20.8 Å². The van der Waals surface area contributed by atoms with E-state index >= 15 is 0 Å². The Balaban J connectivity index is 4.13. The summed E-state index contributed by atoms with van der Waals surface area (Å²) in [6, 6.07) is -1.06. The molecule has 0 aliphatic rings. The summed E-state index contributed by atoms with van der Waals surface area (Å²) in [4.78, 5) is 32.0. The van der Waals surface area contributed by atoms with Gasteiger partial charge in [0.05, 0.1) is 6.42 Å². The van der Waals surface area contributed by atoms with E-state index in [0.717, 1.165) is 0 Å². The van der Waals surface area contributed by atoms with Crippen LogP contribution in [0.2, 0.25) is 0 Å². The van der Waals surface area contributed by atoms with Crippen molar-refractivity contribution < 1.29 is 19.1 Å². The molecule has 15 heavy (non-hydrogen) atoms. The lowest BCUT2D eigenvalue weighted by Gasteiger charge is -2.20. The maximum absolute atomic E-state index is 11.1. The topological polar surface area (TPSA) is 98.5 Å². The number of rotatable bonds is 4. The third kappa shape index (κ3) is 7.48. The second kappa shape index (κ2) is 5.33. The lowest BCUT2D eigenvalue weighted by Crippen LogP contribution is -2.41. The molecule has 0 aliphatic carbocycles. The molecule has 0 saturated heterocycles. The Kier molecular flexibility index (Phi) is 4.77. The molecule has 3 N–H and O–H groups in total. The monoisotopic (exact) mass is 215 g/mol. The quantitative estimate of drug-likeness (QED) is 0.682. The Labute approximate surface area is 88.1 Å². The van der Waals surface area contributed by atoms with Gasteiger partial charge in [0.2, 0.25) is 12.2 Å². The maximum atomic E-state index is 11.1. The van der Waals surface area contributed by atoms with Gasteiger partial charge in [0.1, 0.15) is 11.6 Å². The molecule has 0 aromatic heterocycles. The van der Waals surface area contributed by atoms with Gasteiger partial charge >= 0.3 is 6.09 Å². The van der Waals surface area contributed by atoms with Crippen LogP contribution in [0.15, 0.2) is 0 Å². The number of primary amides is 1. The summed E-state index contributed by atoms with van der Waals surface area (Å²) in [5, 5.41) is 2.17. The first-order chi connectivity index (χ1) is 6.74. The van der Waals surface area contributed by atoms with Crippen LogP contribution in [0.4, 0.5) is 4.79 Å². The smallest absolute Gasteiger partial charge is 0.408 e. The van der Waals surface area contributed by atoms with Crippen molar-refractivity contribution in [3.8, 4) is 0 Å². The molecule has 0 fully saturated rings. The second-order valence-electron chi connectivity index (χ2n) is 3.99. The predicted molar refractivity (Wildman–Crippen MR) is 52.7 cm³/mol. The van der Waals surface area contributed by atoms with E-state index in [1.165, 1.54) is 6.29 Å². The summed E-state index contributed by atoms with van der Waals surface area (Å²) in [6.45, 7) is 5.04. The molecule has 0 aromatic rings. The summed E-state index contributed by atoms with van der Waals surface area (Å²) >= 11 is 0. The first-order valence-corrected chi connectivity index (χ1v) is 4.40. The Hall–Kier alpha value is -1.59. The molecule has 0 bridgehead atoms. The summed E-state index contributed by atoms with van der Waals surface area (Å²) in [6.07, 6.45) is 0.418. The zero-order valence-corrected chi connectivity index (χ0v) is 8.99. The van der Waals surface area contributed by atoms with Crippen molar-refractivity contribution in [2.24, 2.45) is 5.73 Å². The second-order valence-corrected chi connectivity index (χ2v) is 3.99. The van der Waals surface area contributed by atoms with Crippen molar-refractivity contribution in [1.29, 1.82) is 0 Å². The SMILES string of the molecule is CC(C)(C)OC(=O)NC([C]=O)CC(N)=O. The van der Waals surface area contributed by atoms with E-state index in [1.807, 2.05) is 0 Å². The van der Waals surface area contributed by atoms with Crippen molar-refractivity contribution in [1.82, 2.24) is 5.32 Å². The van der Waals surface area contributed by atoms with Gasteiger partial charge < -0.3 is 15.8 Å². The van der Waals surface area contributed by atoms with E-state index in [2.05, 4.69) is 5.32 Å². The van der Waals surface area contributed by atoms with Gasteiger partial charge in [0.15, 0.2) is 0 Å². The van der Waals surface area contributed by atoms with Gasteiger partial charge in [-0.1, -0.05) is 0 Å². The standard InChI is InChI=1S/C9H15N2O4/c1-9(2,3)15-8(14)11-6(5-12)4-7(10)13/h6H,4H2,1-3H3,(H2,10,13)(H,11,14). The highest BCUT2D eigenvalue weighted by Gasteiger charge is 2.20. The molecule has 0 saturated carbocycles. The van der Waals surface area contributed by atoms with Crippen LogP contribution in [0.1, 0.15) is 27.2 Å². The molecule has 0 aromatic carbocycles. The van der Waals surface area contributed by atoms with E-state index in [1.54, 1.807) is 20.8 Å². The largest absolute Gasteiger partial charge is 0.444 e. The summed E-state index contributed by atoms with van der Waals surface area (Å²) in [7, 11) is 0. The fourth-order valence-electron chi connectivity index (χ4n) is 0.773. The van der Waals surface area contributed by atoms with Crippen LogP contribution in [0.25, 0.3) is 0 Å². The van der Waals surface area contributed by atoms with Gasteiger partial charge in [-0.15, -0.1) is 0 Å². The molecule has 1 radical (unpaired) electrons. The normalized spacial score (nSPS) is 12.7. The first kappa shape index (κ1) is 13.4. The molecule has 85 valence electrons. The van der Waals surface area contributed by atoms with Crippen molar-refractivity contribution in [3.05, 3.63) is 0 Å². The molecular weight excluding hydrogens is 200 g/mol. The minimum Gasteiger partial charge on any atom is -0.444 e. The molecule has 2 amide bonds. The molecule has 0 aliphatic heterocycles. The van der Waals surface area contributed by atoms with E-state index < -0.39 is 23.6 Å². The highest BCUT2D eigenvalue weighted by atomic mass is 16.6. The van der Waals surface area contributed by atoms with Crippen LogP contribution < -0.4 is 11.1 Å². The Morgan fingerprint density at radius 2 is 2.00 bits per heavy atom. The van der Waals surface area contributed by atoms with Crippen LogP contribution in [0.5, 0.6) is 0 Å². The highest BCUT2D eigenvalue weighted by molar-refractivity contribution is 5.81. The van der Waals surface area contributed by atoms with E-state index in [9.17, 15) is 14.4 Å². The van der Waals surface area contributed by atoms with Crippen LogP contribution in [-0.2, 0) is 14.3 Å². The maximum Gasteiger partial charge on any atom is 0.408 e. The number of carbonyl (C=O) groups excluding carboxylic acids is 3. The van der Waals surface area contributed by atoms with Crippen molar-refractivity contribution in [2.75, 3.05) is 0 Å². The average Bonchev–Trinajstić information content (AvgIpc) is 1.98. The predicted octanol–water partition coefficient (Wildman–Crippen LogP) is -0.135. The zero-order valence-electron chi connectivity index (χ0n) is 8.99. The lowest BCUT2D eigenvalue weighted by molar-refractivity contribution is -0.118.